The maximum atomic E-state index is 12.6. The molecule has 0 saturated heterocycles. The fourth-order valence-electron chi connectivity index (χ4n) is 3.48. The van der Waals surface area contributed by atoms with E-state index < -0.39 is 32.5 Å². The number of benzene rings is 1. The van der Waals surface area contributed by atoms with Gasteiger partial charge in [0, 0.05) is 16.6 Å². The van der Waals surface area contributed by atoms with E-state index in [9.17, 15) is 23.3 Å². The molecule has 0 N–H and O–H groups in total. The van der Waals surface area contributed by atoms with Gasteiger partial charge >= 0.3 is 21.6 Å². The summed E-state index contributed by atoms with van der Waals surface area (Å²) in [5, 5.41) is 11.8. The Morgan fingerprint density at radius 2 is 2.00 bits per heavy atom. The zero-order chi connectivity index (χ0) is 18.6. The molecule has 134 valence electrons. The van der Waals surface area contributed by atoms with Crippen molar-refractivity contribution in [1.29, 1.82) is 0 Å². The molecule has 1 aliphatic heterocycles. The monoisotopic (exact) mass is 367 g/mol. The van der Waals surface area contributed by atoms with E-state index in [4.69, 9.17) is 8.92 Å². The Balaban J connectivity index is 2.13. The van der Waals surface area contributed by atoms with E-state index in [0.717, 1.165) is 17.4 Å². The first-order valence-electron chi connectivity index (χ1n) is 7.60. The number of nitrogens with zero attached hydrogens (tertiary/aromatic N) is 1. The van der Waals surface area contributed by atoms with Crippen LogP contribution in [-0.4, -0.2) is 31.1 Å². The summed E-state index contributed by atoms with van der Waals surface area (Å²) in [6.07, 6.45) is 1.26. The number of carbonyl (C=O) groups excluding carboxylic acids is 1. The van der Waals surface area contributed by atoms with Gasteiger partial charge in [-0.15, -0.1) is 0 Å². The molecule has 9 heteroatoms. The average Bonchev–Trinajstić information content (AvgIpc) is 2.47. The van der Waals surface area contributed by atoms with Crippen LogP contribution in [0.5, 0.6) is 11.5 Å². The summed E-state index contributed by atoms with van der Waals surface area (Å²) in [7, 11) is -3.74. The third-order valence-corrected chi connectivity index (χ3v) is 5.34. The van der Waals surface area contributed by atoms with E-state index >= 15 is 0 Å². The molecule has 1 heterocycles. The lowest BCUT2D eigenvalue weighted by atomic mass is 9.67. The van der Waals surface area contributed by atoms with Crippen LogP contribution in [0, 0.1) is 10.1 Å². The van der Waals surface area contributed by atoms with Crippen LogP contribution in [0.15, 0.2) is 29.3 Å². The van der Waals surface area contributed by atoms with Gasteiger partial charge in [-0.05, 0) is 26.3 Å². The molecule has 1 aromatic rings. The quantitative estimate of drug-likeness (QED) is 0.201. The van der Waals surface area contributed by atoms with E-state index in [1.165, 1.54) is 18.2 Å². The zero-order valence-electron chi connectivity index (χ0n) is 13.9. The highest BCUT2D eigenvalue weighted by Gasteiger charge is 2.64. The zero-order valence-corrected chi connectivity index (χ0v) is 14.8. The van der Waals surface area contributed by atoms with Crippen molar-refractivity contribution in [3.05, 3.63) is 45.0 Å². The largest absolute Gasteiger partial charge is 0.421 e. The smallest absolute Gasteiger partial charge is 0.391 e. The third kappa shape index (κ3) is 2.78. The number of carbonyl (C=O) groups is 1. The predicted molar refractivity (Wildman–Crippen MR) is 87.6 cm³/mol. The van der Waals surface area contributed by atoms with Gasteiger partial charge in [0.05, 0.1) is 18.6 Å². The van der Waals surface area contributed by atoms with Gasteiger partial charge in [0.2, 0.25) is 0 Å². The van der Waals surface area contributed by atoms with Crippen molar-refractivity contribution in [1.82, 2.24) is 0 Å². The van der Waals surface area contributed by atoms with Crippen molar-refractivity contribution in [3.8, 4) is 11.5 Å². The molecule has 1 aromatic carbocycles. The van der Waals surface area contributed by atoms with Gasteiger partial charge in [0.1, 0.15) is 11.5 Å². The van der Waals surface area contributed by atoms with Crippen LogP contribution in [0.2, 0.25) is 0 Å². The maximum Gasteiger partial charge on any atom is 0.391 e. The van der Waals surface area contributed by atoms with Crippen molar-refractivity contribution >= 4 is 16.1 Å². The van der Waals surface area contributed by atoms with Gasteiger partial charge in [0.15, 0.2) is 0 Å². The number of nitro groups is 1. The first kappa shape index (κ1) is 17.4. The molecular formula is C16H17NO7S. The number of fused-ring (bicyclic) bond motifs is 3. The molecule has 0 fully saturated rings. The minimum absolute atomic E-state index is 0.00361. The predicted octanol–water partition coefficient (Wildman–Crippen LogP) is 2.17. The summed E-state index contributed by atoms with van der Waals surface area (Å²) in [4.78, 5) is 23.8. The van der Waals surface area contributed by atoms with Gasteiger partial charge < -0.3 is 8.92 Å². The summed E-state index contributed by atoms with van der Waals surface area (Å²) >= 11 is 0. The molecule has 2 aliphatic rings. The topological polar surface area (TPSA) is 113 Å². The minimum Gasteiger partial charge on any atom is -0.421 e. The number of allylic oxidation sites excluding steroid dienone is 1. The van der Waals surface area contributed by atoms with Crippen molar-refractivity contribution in [3.63, 3.8) is 0 Å². The van der Waals surface area contributed by atoms with Crippen molar-refractivity contribution < 1.29 is 27.1 Å². The molecule has 2 atom stereocenters. The Kier molecular flexibility index (Phi) is 3.86. The maximum absolute atomic E-state index is 12.6. The van der Waals surface area contributed by atoms with Gasteiger partial charge in [-0.2, -0.15) is 8.42 Å². The highest BCUT2D eigenvalue weighted by molar-refractivity contribution is 7.86. The number of ether oxygens (including phenoxy) is 1. The summed E-state index contributed by atoms with van der Waals surface area (Å²) in [5.74, 6) is -1.52. The fraction of sp³-hybridized carbons (Fsp3) is 0.438. The Hall–Kier alpha value is -2.42. The van der Waals surface area contributed by atoms with Crippen LogP contribution in [0.1, 0.15) is 38.2 Å². The lowest BCUT2D eigenvalue weighted by Crippen LogP contribution is -2.57. The second kappa shape index (κ2) is 5.55. The molecule has 0 saturated carbocycles. The lowest BCUT2D eigenvalue weighted by Gasteiger charge is -2.39. The van der Waals surface area contributed by atoms with E-state index in [-0.39, 0.29) is 17.9 Å². The van der Waals surface area contributed by atoms with Crippen LogP contribution in [0.4, 0.5) is 0 Å². The van der Waals surface area contributed by atoms with Crippen LogP contribution < -0.4 is 8.92 Å². The Morgan fingerprint density at radius 3 is 2.60 bits per heavy atom. The number of hydrogen-bond donors (Lipinski definition) is 0. The molecule has 0 spiro atoms. The number of hydrogen-bond acceptors (Lipinski definition) is 7. The van der Waals surface area contributed by atoms with Crippen LogP contribution in [0.25, 0.3) is 0 Å². The van der Waals surface area contributed by atoms with Crippen molar-refractivity contribution in [2.75, 3.05) is 6.26 Å². The minimum atomic E-state index is -3.74. The Morgan fingerprint density at radius 1 is 1.32 bits per heavy atom. The first-order chi connectivity index (χ1) is 11.5. The van der Waals surface area contributed by atoms with Crippen molar-refractivity contribution in [2.45, 2.75) is 38.1 Å². The Bertz CT molecular complexity index is 918. The van der Waals surface area contributed by atoms with Crippen LogP contribution >= 0.6 is 0 Å². The van der Waals surface area contributed by atoms with Gasteiger partial charge in [-0.25, -0.2) is 4.79 Å². The van der Waals surface area contributed by atoms with E-state index in [1.807, 2.05) is 6.92 Å². The molecule has 8 nitrogen and oxygen atoms in total. The standard InChI is InChI=1S/C16H17NO7S/c1-9-6-13-12-5-4-11(24-25(3,21)22)7-14(12)23-15(18)16(13,17(19)20)8-10(9)2/h4-5,7,13H,6,8H2,1-3H3/t13-,16+/m0/s1. The molecule has 0 bridgehead atoms. The van der Waals surface area contributed by atoms with Gasteiger partial charge in [0.25, 0.3) is 0 Å². The summed E-state index contributed by atoms with van der Waals surface area (Å²) < 4.78 is 32.5. The van der Waals surface area contributed by atoms with E-state index in [0.29, 0.717) is 12.0 Å². The van der Waals surface area contributed by atoms with E-state index in [1.54, 1.807) is 6.92 Å². The molecule has 0 unspecified atom stereocenters. The molecule has 0 aromatic heterocycles. The molecular weight excluding hydrogens is 350 g/mol. The first-order valence-corrected chi connectivity index (χ1v) is 9.41. The normalized spacial score (nSPS) is 25.7. The number of esters is 1. The molecule has 25 heavy (non-hydrogen) atoms. The van der Waals surface area contributed by atoms with Gasteiger partial charge in [-0.3, -0.25) is 10.1 Å². The van der Waals surface area contributed by atoms with Crippen LogP contribution in [0.3, 0.4) is 0 Å². The van der Waals surface area contributed by atoms with Crippen LogP contribution in [-0.2, 0) is 14.9 Å². The Labute approximate surface area is 144 Å². The van der Waals surface area contributed by atoms with E-state index in [2.05, 4.69) is 0 Å². The van der Waals surface area contributed by atoms with Gasteiger partial charge in [-0.1, -0.05) is 17.2 Å². The summed E-state index contributed by atoms with van der Waals surface area (Å²) in [5.41, 5.74) is 0.462. The lowest BCUT2D eigenvalue weighted by molar-refractivity contribution is -0.561. The second-order valence-electron chi connectivity index (χ2n) is 6.55. The second-order valence-corrected chi connectivity index (χ2v) is 8.13. The molecule has 1 aliphatic carbocycles. The highest BCUT2D eigenvalue weighted by atomic mass is 32.2. The van der Waals surface area contributed by atoms with Crippen molar-refractivity contribution in [2.24, 2.45) is 0 Å². The fourth-order valence-corrected chi connectivity index (χ4v) is 3.93. The molecule has 0 radical (unpaired) electrons. The summed E-state index contributed by atoms with van der Waals surface area (Å²) in [6.45, 7) is 3.67. The SMILES string of the molecule is CC1=C(C)C[C@]2([N+](=O)[O-])C(=O)Oc3cc(OS(C)(=O)=O)ccc3[C@@H]2C1. The highest BCUT2D eigenvalue weighted by Crippen LogP contribution is 2.51. The summed E-state index contributed by atoms with van der Waals surface area (Å²) in [6, 6.07) is 4.21. The molecule has 0 amide bonds. The average molecular weight is 367 g/mol. The number of rotatable bonds is 3. The molecule has 3 rings (SSSR count). The third-order valence-electron chi connectivity index (χ3n) is 4.84.